The summed E-state index contributed by atoms with van der Waals surface area (Å²) in [6, 6.07) is 9.23. The third kappa shape index (κ3) is 1.62. The van der Waals surface area contributed by atoms with Gasteiger partial charge in [-0.2, -0.15) is 0 Å². The molecule has 1 atom stereocenters. The molecule has 2 heteroatoms. The Morgan fingerprint density at radius 3 is 3.00 bits per heavy atom. The second kappa shape index (κ2) is 4.01. The van der Waals surface area contributed by atoms with Crippen molar-refractivity contribution in [3.63, 3.8) is 0 Å². The van der Waals surface area contributed by atoms with Crippen molar-refractivity contribution in [3.05, 3.63) is 29.8 Å². The molecule has 1 heterocycles. The SMILES string of the molecule is CCN(C)C1CCNc2ccccc21. The van der Waals surface area contributed by atoms with Crippen molar-refractivity contribution < 1.29 is 0 Å². The Morgan fingerprint density at radius 2 is 2.21 bits per heavy atom. The highest BCUT2D eigenvalue weighted by Gasteiger charge is 2.21. The van der Waals surface area contributed by atoms with Crippen LogP contribution in [0.15, 0.2) is 24.3 Å². The van der Waals surface area contributed by atoms with Gasteiger partial charge < -0.3 is 5.32 Å². The summed E-state index contributed by atoms with van der Waals surface area (Å²) in [7, 11) is 2.20. The summed E-state index contributed by atoms with van der Waals surface area (Å²) < 4.78 is 0. The first-order valence-electron chi connectivity index (χ1n) is 5.36. The normalized spacial score (nSPS) is 20.4. The van der Waals surface area contributed by atoms with Crippen molar-refractivity contribution in [3.8, 4) is 0 Å². The highest BCUT2D eigenvalue weighted by molar-refractivity contribution is 5.54. The molecule has 0 radical (unpaired) electrons. The molecule has 0 aliphatic carbocycles. The molecule has 0 saturated carbocycles. The van der Waals surface area contributed by atoms with E-state index in [1.807, 2.05) is 0 Å². The minimum Gasteiger partial charge on any atom is -0.385 e. The maximum absolute atomic E-state index is 3.44. The summed E-state index contributed by atoms with van der Waals surface area (Å²) >= 11 is 0. The van der Waals surface area contributed by atoms with Gasteiger partial charge in [-0.1, -0.05) is 25.1 Å². The number of fused-ring (bicyclic) bond motifs is 1. The zero-order valence-corrected chi connectivity index (χ0v) is 8.96. The Hall–Kier alpha value is -1.02. The van der Waals surface area contributed by atoms with Crippen LogP contribution < -0.4 is 5.32 Å². The van der Waals surface area contributed by atoms with E-state index in [0.29, 0.717) is 6.04 Å². The topological polar surface area (TPSA) is 15.3 Å². The number of hydrogen-bond acceptors (Lipinski definition) is 2. The molecular weight excluding hydrogens is 172 g/mol. The van der Waals surface area contributed by atoms with Crippen molar-refractivity contribution in [2.45, 2.75) is 19.4 Å². The minimum absolute atomic E-state index is 0.595. The van der Waals surface area contributed by atoms with Gasteiger partial charge in [0.05, 0.1) is 0 Å². The third-order valence-electron chi connectivity index (χ3n) is 3.08. The van der Waals surface area contributed by atoms with E-state index >= 15 is 0 Å². The summed E-state index contributed by atoms with van der Waals surface area (Å²) in [6.07, 6.45) is 1.21. The van der Waals surface area contributed by atoms with Gasteiger partial charge in [-0.3, -0.25) is 4.90 Å². The molecule has 0 aromatic heterocycles. The summed E-state index contributed by atoms with van der Waals surface area (Å²) in [5, 5.41) is 3.44. The van der Waals surface area contributed by atoms with E-state index in [9.17, 15) is 0 Å². The van der Waals surface area contributed by atoms with Crippen LogP contribution in [0.4, 0.5) is 5.69 Å². The first-order chi connectivity index (χ1) is 6.83. The van der Waals surface area contributed by atoms with E-state index in [2.05, 4.69) is 48.5 Å². The lowest BCUT2D eigenvalue weighted by Crippen LogP contribution is -2.29. The fourth-order valence-electron chi connectivity index (χ4n) is 2.13. The zero-order chi connectivity index (χ0) is 9.97. The predicted octanol–water partition coefficient (Wildman–Crippen LogP) is 2.50. The molecule has 0 amide bonds. The molecule has 1 N–H and O–H groups in total. The lowest BCUT2D eigenvalue weighted by atomic mass is 9.97. The highest BCUT2D eigenvalue weighted by atomic mass is 15.1. The lowest BCUT2D eigenvalue weighted by molar-refractivity contribution is 0.245. The molecular formula is C12H18N2. The van der Waals surface area contributed by atoms with Crippen LogP contribution in [0.5, 0.6) is 0 Å². The number of para-hydroxylation sites is 1. The highest BCUT2D eigenvalue weighted by Crippen LogP contribution is 2.32. The quantitative estimate of drug-likeness (QED) is 0.770. The van der Waals surface area contributed by atoms with Crippen LogP contribution in [0.2, 0.25) is 0 Å². The van der Waals surface area contributed by atoms with Gasteiger partial charge >= 0.3 is 0 Å². The number of anilines is 1. The Morgan fingerprint density at radius 1 is 1.43 bits per heavy atom. The monoisotopic (exact) mass is 190 g/mol. The van der Waals surface area contributed by atoms with Gasteiger partial charge in [-0.05, 0) is 31.6 Å². The van der Waals surface area contributed by atoms with Gasteiger partial charge in [0.25, 0.3) is 0 Å². The summed E-state index contributed by atoms with van der Waals surface area (Å²) in [5.41, 5.74) is 2.76. The first-order valence-corrected chi connectivity index (χ1v) is 5.36. The van der Waals surface area contributed by atoms with E-state index in [1.165, 1.54) is 17.7 Å². The van der Waals surface area contributed by atoms with Crippen molar-refractivity contribution in [2.24, 2.45) is 0 Å². The molecule has 1 aliphatic heterocycles. The second-order valence-corrected chi connectivity index (χ2v) is 3.89. The van der Waals surface area contributed by atoms with Gasteiger partial charge in [-0.15, -0.1) is 0 Å². The Labute approximate surface area is 85.9 Å². The summed E-state index contributed by atoms with van der Waals surface area (Å²) in [4.78, 5) is 2.42. The van der Waals surface area contributed by atoms with Crippen LogP contribution in [0.1, 0.15) is 24.9 Å². The van der Waals surface area contributed by atoms with Crippen LogP contribution in [0, 0.1) is 0 Å². The van der Waals surface area contributed by atoms with E-state index in [0.717, 1.165) is 13.1 Å². The first kappa shape index (κ1) is 9.53. The average molecular weight is 190 g/mol. The van der Waals surface area contributed by atoms with Crippen LogP contribution in [0.25, 0.3) is 0 Å². The molecule has 14 heavy (non-hydrogen) atoms. The van der Waals surface area contributed by atoms with Gasteiger partial charge in [0.2, 0.25) is 0 Å². The fourth-order valence-corrected chi connectivity index (χ4v) is 2.13. The molecule has 0 spiro atoms. The molecule has 2 rings (SSSR count). The Balaban J connectivity index is 2.30. The number of nitrogens with zero attached hydrogens (tertiary/aromatic N) is 1. The van der Waals surface area contributed by atoms with Crippen molar-refractivity contribution in [1.82, 2.24) is 4.90 Å². The van der Waals surface area contributed by atoms with Gasteiger partial charge in [0.15, 0.2) is 0 Å². The number of hydrogen-bond donors (Lipinski definition) is 1. The number of nitrogens with one attached hydrogen (secondary N) is 1. The van der Waals surface area contributed by atoms with Crippen LogP contribution >= 0.6 is 0 Å². The van der Waals surface area contributed by atoms with E-state index in [1.54, 1.807) is 0 Å². The molecule has 1 aliphatic rings. The maximum Gasteiger partial charge on any atom is 0.0388 e. The lowest BCUT2D eigenvalue weighted by Gasteiger charge is -2.33. The molecule has 0 fully saturated rings. The maximum atomic E-state index is 3.44. The molecule has 0 bridgehead atoms. The standard InChI is InChI=1S/C12H18N2/c1-3-14(2)12-8-9-13-11-7-5-4-6-10(11)12/h4-7,12-13H,3,8-9H2,1-2H3. The second-order valence-electron chi connectivity index (χ2n) is 3.89. The zero-order valence-electron chi connectivity index (χ0n) is 8.96. The molecule has 0 saturated heterocycles. The van der Waals surface area contributed by atoms with E-state index in [-0.39, 0.29) is 0 Å². The van der Waals surface area contributed by atoms with Crippen LogP contribution in [-0.4, -0.2) is 25.0 Å². The number of benzene rings is 1. The summed E-state index contributed by atoms with van der Waals surface area (Å²) in [6.45, 7) is 4.41. The molecule has 2 nitrogen and oxygen atoms in total. The van der Waals surface area contributed by atoms with Gasteiger partial charge in [0.1, 0.15) is 0 Å². The van der Waals surface area contributed by atoms with E-state index < -0.39 is 0 Å². The van der Waals surface area contributed by atoms with Crippen molar-refractivity contribution >= 4 is 5.69 Å². The van der Waals surface area contributed by atoms with Crippen molar-refractivity contribution in [2.75, 3.05) is 25.5 Å². The molecule has 1 aromatic carbocycles. The fraction of sp³-hybridized carbons (Fsp3) is 0.500. The molecule has 76 valence electrons. The third-order valence-corrected chi connectivity index (χ3v) is 3.08. The largest absolute Gasteiger partial charge is 0.385 e. The number of rotatable bonds is 2. The molecule has 1 aromatic rings. The van der Waals surface area contributed by atoms with Gasteiger partial charge in [-0.25, -0.2) is 0 Å². The smallest absolute Gasteiger partial charge is 0.0388 e. The predicted molar refractivity (Wildman–Crippen MR) is 60.6 cm³/mol. The Kier molecular flexibility index (Phi) is 2.73. The van der Waals surface area contributed by atoms with Crippen LogP contribution in [-0.2, 0) is 0 Å². The molecule has 1 unspecified atom stereocenters. The van der Waals surface area contributed by atoms with Crippen LogP contribution in [0.3, 0.4) is 0 Å². The Bertz CT molecular complexity index is 309. The van der Waals surface area contributed by atoms with E-state index in [4.69, 9.17) is 0 Å². The average Bonchev–Trinajstić information content (AvgIpc) is 2.27. The summed E-state index contributed by atoms with van der Waals surface area (Å²) in [5.74, 6) is 0. The minimum atomic E-state index is 0.595. The van der Waals surface area contributed by atoms with Gasteiger partial charge in [0, 0.05) is 18.3 Å². The van der Waals surface area contributed by atoms with Crippen molar-refractivity contribution in [1.29, 1.82) is 0 Å².